The molecule has 1 aliphatic heterocycles. The highest BCUT2D eigenvalue weighted by molar-refractivity contribution is 8.01. The van der Waals surface area contributed by atoms with Gasteiger partial charge in [0.15, 0.2) is 0 Å². The number of unbranched alkanes of at least 4 members (excludes halogenated alkanes) is 3. The summed E-state index contributed by atoms with van der Waals surface area (Å²) in [6.45, 7) is 8.25. The Bertz CT molecular complexity index is 1350. The Hall–Kier alpha value is -4.08. The van der Waals surface area contributed by atoms with Gasteiger partial charge in [0.05, 0.1) is 5.25 Å². The third kappa shape index (κ3) is 16.2. The van der Waals surface area contributed by atoms with E-state index < -0.39 is 35.8 Å². The predicted octanol–water partition coefficient (Wildman–Crippen LogP) is 3.50. The second-order valence-corrected chi connectivity index (χ2v) is 14.7. The van der Waals surface area contributed by atoms with Gasteiger partial charge >= 0.3 is 6.03 Å². The van der Waals surface area contributed by atoms with Crippen LogP contribution in [0.15, 0.2) is 24.3 Å². The predicted molar refractivity (Wildman–Crippen MR) is 197 cm³/mol. The van der Waals surface area contributed by atoms with Crippen molar-refractivity contribution in [1.29, 1.82) is 0 Å². The number of nitrogens with zero attached hydrogens (tertiary/aromatic N) is 1. The Kier molecular flexibility index (Phi) is 19.2. The summed E-state index contributed by atoms with van der Waals surface area (Å²) in [5.41, 5.74) is 6.22. The molecule has 0 spiro atoms. The van der Waals surface area contributed by atoms with Gasteiger partial charge < -0.3 is 31.7 Å². The van der Waals surface area contributed by atoms with Crippen LogP contribution in [-0.2, 0) is 35.3 Å². The zero-order chi connectivity index (χ0) is 37.9. The summed E-state index contributed by atoms with van der Waals surface area (Å²) >= 11 is 1.58. The molecule has 0 bridgehead atoms. The zero-order valence-corrected chi connectivity index (χ0v) is 31.0. The third-order valence-electron chi connectivity index (χ3n) is 8.32. The molecule has 1 aromatic rings. The minimum atomic E-state index is -1.00. The van der Waals surface area contributed by atoms with Crippen LogP contribution in [0.25, 0.3) is 0 Å². The molecule has 16 heteroatoms. The van der Waals surface area contributed by atoms with Crippen LogP contribution in [0.5, 0.6) is 0 Å². The maximum atomic E-state index is 13.4. The van der Waals surface area contributed by atoms with Crippen LogP contribution in [0.1, 0.15) is 97.5 Å². The first-order valence-corrected chi connectivity index (χ1v) is 18.6. The van der Waals surface area contributed by atoms with Crippen molar-refractivity contribution in [2.75, 3.05) is 18.4 Å². The lowest BCUT2D eigenvalue weighted by atomic mass is 10.0. The number of likely N-dealkylation sites (tertiary alicyclic amines) is 1. The fourth-order valence-corrected chi connectivity index (χ4v) is 6.81. The molecule has 1 aromatic carbocycles. The molecule has 1 saturated heterocycles. The Morgan fingerprint density at radius 3 is 2.29 bits per heavy atom. The minimum Gasteiger partial charge on any atom is -0.470 e. The quantitative estimate of drug-likeness (QED) is 0.0634. The molecule has 0 aromatic heterocycles. The van der Waals surface area contributed by atoms with Gasteiger partial charge in [-0.25, -0.2) is 4.79 Å². The van der Waals surface area contributed by atoms with E-state index in [-0.39, 0.29) is 61.3 Å². The SMILES string of the molecule is [B]C(=O)OCc1ccc(NC(=O)[C@H](CCCNC(N)=O)NC(=O)C(NC(=O)CCCCCN2C(=O)CC(SC(C)CCCC)C2=O)C(C)C)cc1. The first-order valence-electron chi connectivity index (χ1n) is 17.7. The molecule has 4 atom stereocenters. The smallest absolute Gasteiger partial charge is 0.312 e. The molecule has 14 nitrogen and oxygen atoms in total. The average molecular weight is 729 g/mol. The number of benzene rings is 1. The average Bonchev–Trinajstić information content (AvgIpc) is 3.33. The van der Waals surface area contributed by atoms with Gasteiger partial charge in [-0.3, -0.25) is 33.7 Å². The van der Waals surface area contributed by atoms with Crippen molar-refractivity contribution in [3.8, 4) is 0 Å². The monoisotopic (exact) mass is 728 g/mol. The van der Waals surface area contributed by atoms with Crippen molar-refractivity contribution in [2.24, 2.45) is 11.7 Å². The molecule has 1 fully saturated rings. The summed E-state index contributed by atoms with van der Waals surface area (Å²) in [5.74, 6) is -2.86. The number of carbonyl (C=O) groups is 7. The molecule has 2 rings (SSSR count). The number of rotatable bonds is 23. The van der Waals surface area contributed by atoms with Crippen molar-refractivity contribution < 1.29 is 38.3 Å². The van der Waals surface area contributed by atoms with E-state index in [1.54, 1.807) is 49.9 Å². The van der Waals surface area contributed by atoms with E-state index >= 15 is 0 Å². The molecule has 280 valence electrons. The van der Waals surface area contributed by atoms with E-state index in [0.717, 1.165) is 19.3 Å². The number of hydrogen-bond acceptors (Lipinski definition) is 9. The minimum absolute atomic E-state index is 0.0313. The van der Waals surface area contributed by atoms with Gasteiger partial charge in [-0.05, 0) is 55.7 Å². The molecule has 1 heterocycles. The van der Waals surface area contributed by atoms with Crippen molar-refractivity contribution >= 4 is 66.7 Å². The number of hydrogen-bond donors (Lipinski definition) is 5. The number of amides is 7. The number of nitrogens with one attached hydrogen (secondary N) is 4. The van der Waals surface area contributed by atoms with Gasteiger partial charge in [0.1, 0.15) is 18.7 Å². The van der Waals surface area contributed by atoms with Crippen LogP contribution < -0.4 is 27.0 Å². The molecule has 1 aliphatic rings. The number of urea groups is 1. The maximum absolute atomic E-state index is 13.4. The van der Waals surface area contributed by atoms with E-state index in [4.69, 9.17) is 18.3 Å². The number of nitrogens with two attached hydrogens (primary N) is 1. The van der Waals surface area contributed by atoms with Gasteiger partial charge in [-0.2, -0.15) is 0 Å². The van der Waals surface area contributed by atoms with Crippen LogP contribution >= 0.6 is 11.8 Å². The standard InChI is InChI=1S/C35H53BN6O8S/c1-5-6-11-23(4)51-27-20-29(44)42(33(27)47)19-9-7-8-13-28(43)41-30(22(2)3)32(46)40-26(12-10-18-38-35(37)49)31(45)39-25-16-14-24(15-17-25)21-50-34(36)48/h14-17,22-23,26-27,30H,5-13,18-21H2,1-4H3,(H,39,45)(H,40,46)(H,41,43)(H3,37,38,49)/t23?,26-,27?,30?/m0/s1. The maximum Gasteiger partial charge on any atom is 0.312 e. The van der Waals surface area contributed by atoms with E-state index in [1.165, 1.54) is 4.90 Å². The summed E-state index contributed by atoms with van der Waals surface area (Å²) in [5, 5.41) is 10.7. The first-order chi connectivity index (χ1) is 24.2. The van der Waals surface area contributed by atoms with Gasteiger partial charge in [-0.1, -0.05) is 59.1 Å². The van der Waals surface area contributed by atoms with Crippen molar-refractivity contribution in [1.82, 2.24) is 20.9 Å². The lowest BCUT2D eigenvalue weighted by molar-refractivity contribution is -0.138. The van der Waals surface area contributed by atoms with Crippen LogP contribution in [0.3, 0.4) is 0 Å². The van der Waals surface area contributed by atoms with E-state index in [2.05, 4.69) is 35.1 Å². The van der Waals surface area contributed by atoms with Crippen LogP contribution in [0.2, 0.25) is 0 Å². The lowest BCUT2D eigenvalue weighted by Gasteiger charge is -2.25. The van der Waals surface area contributed by atoms with Crippen LogP contribution in [0, 0.1) is 5.92 Å². The number of imide groups is 1. The topological polar surface area (TPSA) is 206 Å². The summed E-state index contributed by atoms with van der Waals surface area (Å²) in [4.78, 5) is 88.2. The van der Waals surface area contributed by atoms with Gasteiger partial charge in [-0.15, -0.1) is 11.8 Å². The number of carbonyl (C=O) groups excluding carboxylic acids is 7. The molecule has 6 N–H and O–H groups in total. The molecule has 0 saturated carbocycles. The van der Waals surface area contributed by atoms with Gasteiger partial charge in [0, 0.05) is 36.9 Å². The van der Waals surface area contributed by atoms with Gasteiger partial charge in [0.25, 0.3) is 0 Å². The Balaban J connectivity index is 1.89. The van der Waals surface area contributed by atoms with E-state index in [1.807, 2.05) is 0 Å². The number of ether oxygens (including phenoxy) is 1. The second-order valence-electron chi connectivity index (χ2n) is 13.1. The highest BCUT2D eigenvalue weighted by atomic mass is 32.2. The summed E-state index contributed by atoms with van der Waals surface area (Å²) < 4.78 is 4.76. The summed E-state index contributed by atoms with van der Waals surface area (Å²) in [7, 11) is 5.00. The molecule has 2 radical (unpaired) electrons. The third-order valence-corrected chi connectivity index (χ3v) is 9.72. The number of anilines is 1. The number of primary amides is 1. The van der Waals surface area contributed by atoms with Crippen molar-refractivity contribution in [3.05, 3.63) is 29.8 Å². The fraction of sp³-hybridized carbons (Fsp3) is 0.629. The molecule has 0 aliphatic carbocycles. The van der Waals surface area contributed by atoms with Crippen LogP contribution in [-0.4, -0.2) is 89.9 Å². The summed E-state index contributed by atoms with van der Waals surface area (Å²) in [6, 6.07) is 3.86. The Morgan fingerprint density at radius 1 is 0.961 bits per heavy atom. The van der Waals surface area contributed by atoms with Crippen LogP contribution in [0.4, 0.5) is 15.3 Å². The zero-order valence-electron chi connectivity index (χ0n) is 30.2. The Morgan fingerprint density at radius 2 is 1.67 bits per heavy atom. The molecule has 7 amide bonds. The second kappa shape index (κ2) is 22.7. The normalized spacial score (nSPS) is 15.9. The molecule has 3 unspecified atom stereocenters. The molecule has 51 heavy (non-hydrogen) atoms. The largest absolute Gasteiger partial charge is 0.470 e. The van der Waals surface area contributed by atoms with E-state index in [9.17, 15) is 33.6 Å². The molecular weight excluding hydrogens is 675 g/mol. The first kappa shape index (κ1) is 43.1. The summed E-state index contributed by atoms with van der Waals surface area (Å²) in [6.07, 6.45) is 5.77. The highest BCUT2D eigenvalue weighted by Crippen LogP contribution is 2.30. The Labute approximate surface area is 306 Å². The lowest BCUT2D eigenvalue weighted by Crippen LogP contribution is -2.54. The van der Waals surface area contributed by atoms with Crippen molar-refractivity contribution in [2.45, 2.75) is 121 Å². The fourth-order valence-electron chi connectivity index (χ4n) is 5.46. The highest BCUT2D eigenvalue weighted by Gasteiger charge is 2.39. The number of thioether (sulfide) groups is 1. The van der Waals surface area contributed by atoms with Crippen molar-refractivity contribution in [3.63, 3.8) is 0 Å². The van der Waals surface area contributed by atoms with Gasteiger partial charge in [0.2, 0.25) is 43.3 Å². The molecular formula is C35H53BN6O8S. The van der Waals surface area contributed by atoms with E-state index in [0.29, 0.717) is 48.7 Å².